The summed E-state index contributed by atoms with van der Waals surface area (Å²) in [5.74, 6) is 0. The predicted octanol–water partition coefficient (Wildman–Crippen LogP) is 4.23. The lowest BCUT2D eigenvalue weighted by Gasteiger charge is -2.08. The number of aliphatic hydroxyl groups excluding tert-OH is 1. The van der Waals surface area contributed by atoms with Crippen molar-refractivity contribution in [1.82, 2.24) is 4.98 Å². The van der Waals surface area contributed by atoms with Gasteiger partial charge in [0, 0.05) is 21.7 Å². The number of fused-ring (bicyclic) bond motifs is 3. The van der Waals surface area contributed by atoms with Gasteiger partial charge in [-0.15, -0.1) is 0 Å². The molecule has 4 heteroatoms. The molecule has 0 aliphatic heterocycles. The van der Waals surface area contributed by atoms with Gasteiger partial charge in [-0.25, -0.2) is 0 Å². The number of benzene rings is 1. The van der Waals surface area contributed by atoms with Gasteiger partial charge in [0.15, 0.2) is 0 Å². The molecule has 17 heavy (non-hydrogen) atoms. The van der Waals surface area contributed by atoms with E-state index in [1.807, 2.05) is 6.07 Å². The van der Waals surface area contributed by atoms with E-state index < -0.39 is 6.10 Å². The molecule has 1 unspecified atom stereocenters. The zero-order valence-corrected chi connectivity index (χ0v) is 10.8. The third-order valence-corrected chi connectivity index (χ3v) is 3.95. The normalized spacial score (nSPS) is 20.3. The Kier molecular flexibility index (Phi) is 2.81. The average molecular weight is 270 g/mol. The van der Waals surface area contributed by atoms with Crippen molar-refractivity contribution in [3.63, 3.8) is 0 Å². The van der Waals surface area contributed by atoms with Gasteiger partial charge in [0.25, 0.3) is 0 Å². The molecule has 0 bridgehead atoms. The van der Waals surface area contributed by atoms with E-state index in [-0.39, 0.29) is 0 Å². The molecule has 0 spiro atoms. The van der Waals surface area contributed by atoms with Gasteiger partial charge >= 0.3 is 0 Å². The van der Waals surface area contributed by atoms with Crippen molar-refractivity contribution in [3.05, 3.63) is 33.4 Å². The number of aliphatic hydroxyl groups is 1. The van der Waals surface area contributed by atoms with Crippen LogP contribution in [0.5, 0.6) is 0 Å². The summed E-state index contributed by atoms with van der Waals surface area (Å²) in [6.07, 6.45) is 3.52. The number of hydrogen-bond donors (Lipinski definition) is 2. The first-order valence-corrected chi connectivity index (χ1v) is 6.60. The highest BCUT2D eigenvalue weighted by molar-refractivity contribution is 6.38. The van der Waals surface area contributed by atoms with Crippen LogP contribution in [-0.4, -0.2) is 10.1 Å². The van der Waals surface area contributed by atoms with Crippen LogP contribution in [0.4, 0.5) is 0 Å². The molecule has 90 valence electrons. The van der Waals surface area contributed by atoms with Gasteiger partial charge in [-0.2, -0.15) is 0 Å². The van der Waals surface area contributed by atoms with E-state index in [0.29, 0.717) is 10.0 Å². The second-order valence-electron chi connectivity index (χ2n) is 4.59. The summed E-state index contributed by atoms with van der Waals surface area (Å²) in [4.78, 5) is 3.33. The predicted molar refractivity (Wildman–Crippen MR) is 70.8 cm³/mol. The first-order valence-electron chi connectivity index (χ1n) is 5.84. The lowest BCUT2D eigenvalue weighted by atomic mass is 10.0. The fourth-order valence-corrected chi connectivity index (χ4v) is 3.20. The van der Waals surface area contributed by atoms with Crippen molar-refractivity contribution < 1.29 is 5.11 Å². The molecule has 0 amide bonds. The number of rotatable bonds is 0. The van der Waals surface area contributed by atoms with Gasteiger partial charge < -0.3 is 10.1 Å². The molecule has 1 aliphatic rings. The number of hydrogen-bond acceptors (Lipinski definition) is 1. The van der Waals surface area contributed by atoms with Crippen LogP contribution in [0.2, 0.25) is 10.0 Å². The highest BCUT2D eigenvalue weighted by Crippen LogP contribution is 2.38. The van der Waals surface area contributed by atoms with Gasteiger partial charge in [-0.1, -0.05) is 29.6 Å². The van der Waals surface area contributed by atoms with E-state index in [1.165, 1.54) is 0 Å². The van der Waals surface area contributed by atoms with Crippen molar-refractivity contribution in [2.45, 2.75) is 31.8 Å². The quantitative estimate of drug-likeness (QED) is 0.690. The van der Waals surface area contributed by atoms with Gasteiger partial charge in [-0.05, 0) is 31.4 Å². The third-order valence-electron chi connectivity index (χ3n) is 3.43. The molecule has 0 saturated heterocycles. The highest BCUT2D eigenvalue weighted by atomic mass is 35.5. The van der Waals surface area contributed by atoms with Crippen molar-refractivity contribution in [2.75, 3.05) is 0 Å². The lowest BCUT2D eigenvalue weighted by Crippen LogP contribution is -1.96. The largest absolute Gasteiger partial charge is 0.388 e. The smallest absolute Gasteiger partial charge is 0.0813 e. The summed E-state index contributed by atoms with van der Waals surface area (Å²) >= 11 is 12.2. The molecule has 1 aromatic carbocycles. The number of aromatic amines is 1. The Morgan fingerprint density at radius 1 is 1.24 bits per heavy atom. The van der Waals surface area contributed by atoms with Crippen LogP contribution in [0.25, 0.3) is 10.9 Å². The average Bonchev–Trinajstić information content (AvgIpc) is 2.53. The Morgan fingerprint density at radius 2 is 2.06 bits per heavy atom. The first kappa shape index (κ1) is 11.4. The molecule has 1 heterocycles. The van der Waals surface area contributed by atoms with Gasteiger partial charge in [0.05, 0.1) is 16.6 Å². The zero-order valence-electron chi connectivity index (χ0n) is 9.26. The van der Waals surface area contributed by atoms with Gasteiger partial charge in [-0.3, -0.25) is 0 Å². The number of nitrogens with one attached hydrogen (secondary N) is 1. The Bertz CT molecular complexity index is 576. The van der Waals surface area contributed by atoms with Gasteiger partial charge in [0.1, 0.15) is 0 Å². The van der Waals surface area contributed by atoms with Crippen LogP contribution < -0.4 is 0 Å². The molecule has 2 nitrogen and oxygen atoms in total. The maximum atomic E-state index is 10.2. The summed E-state index contributed by atoms with van der Waals surface area (Å²) in [5.41, 5.74) is 2.98. The number of H-pyrrole nitrogens is 1. The molecule has 0 fully saturated rings. The number of halogens is 2. The van der Waals surface area contributed by atoms with Crippen molar-refractivity contribution in [1.29, 1.82) is 0 Å². The van der Waals surface area contributed by atoms with Crippen LogP contribution >= 0.6 is 23.2 Å². The Balaban J connectivity index is 2.32. The van der Waals surface area contributed by atoms with Crippen LogP contribution in [0.15, 0.2) is 12.1 Å². The fraction of sp³-hybridized carbons (Fsp3) is 0.385. The van der Waals surface area contributed by atoms with E-state index in [0.717, 1.165) is 47.8 Å². The highest BCUT2D eigenvalue weighted by Gasteiger charge is 2.22. The Labute approximate surface area is 110 Å². The van der Waals surface area contributed by atoms with E-state index in [9.17, 15) is 5.11 Å². The third kappa shape index (κ3) is 1.85. The van der Waals surface area contributed by atoms with Gasteiger partial charge in [0.2, 0.25) is 0 Å². The Hall–Kier alpha value is -0.700. The minimum atomic E-state index is -0.407. The molecule has 0 saturated carbocycles. The van der Waals surface area contributed by atoms with E-state index >= 15 is 0 Å². The van der Waals surface area contributed by atoms with E-state index in [1.54, 1.807) is 6.07 Å². The molecule has 0 radical (unpaired) electrons. The minimum Gasteiger partial charge on any atom is -0.388 e. The number of aromatic nitrogens is 1. The molecular formula is C13H13Cl2NO. The molecular weight excluding hydrogens is 257 g/mol. The maximum absolute atomic E-state index is 10.2. The standard InChI is InChI=1S/C13H13Cl2NO/c14-7-5-8-12-10(3-1-2-4-11(12)17)16-13(8)9(15)6-7/h5-6,11,16-17H,1-4H2. The molecule has 1 aromatic heterocycles. The Morgan fingerprint density at radius 3 is 2.88 bits per heavy atom. The molecule has 3 rings (SSSR count). The topological polar surface area (TPSA) is 36.0 Å². The minimum absolute atomic E-state index is 0.407. The SMILES string of the molecule is OC1CCCCc2[nH]c3c(Cl)cc(Cl)cc3c21. The van der Waals surface area contributed by atoms with E-state index in [4.69, 9.17) is 23.2 Å². The van der Waals surface area contributed by atoms with Crippen molar-refractivity contribution in [2.24, 2.45) is 0 Å². The first-order chi connectivity index (χ1) is 8.16. The molecule has 2 aromatic rings. The second kappa shape index (κ2) is 4.20. The zero-order chi connectivity index (χ0) is 12.0. The summed E-state index contributed by atoms with van der Waals surface area (Å²) in [6, 6.07) is 3.61. The van der Waals surface area contributed by atoms with Crippen molar-refractivity contribution >= 4 is 34.1 Å². The van der Waals surface area contributed by atoms with Crippen LogP contribution in [0, 0.1) is 0 Å². The van der Waals surface area contributed by atoms with E-state index in [2.05, 4.69) is 4.98 Å². The monoisotopic (exact) mass is 269 g/mol. The van der Waals surface area contributed by atoms with Crippen LogP contribution in [0.1, 0.15) is 36.6 Å². The summed E-state index contributed by atoms with van der Waals surface area (Å²) in [5, 5.41) is 12.4. The van der Waals surface area contributed by atoms with Crippen LogP contribution in [-0.2, 0) is 6.42 Å². The molecule has 2 N–H and O–H groups in total. The fourth-order valence-electron chi connectivity index (χ4n) is 2.66. The lowest BCUT2D eigenvalue weighted by molar-refractivity contribution is 0.168. The summed E-state index contributed by atoms with van der Waals surface area (Å²) in [6.45, 7) is 0. The summed E-state index contributed by atoms with van der Waals surface area (Å²) in [7, 11) is 0. The summed E-state index contributed by atoms with van der Waals surface area (Å²) < 4.78 is 0. The molecule has 1 atom stereocenters. The second-order valence-corrected chi connectivity index (χ2v) is 5.43. The molecule has 1 aliphatic carbocycles. The maximum Gasteiger partial charge on any atom is 0.0813 e. The number of aryl methyl sites for hydroxylation is 1. The van der Waals surface area contributed by atoms with Crippen molar-refractivity contribution in [3.8, 4) is 0 Å². The van der Waals surface area contributed by atoms with Crippen LogP contribution in [0.3, 0.4) is 0 Å².